The fourth-order valence-electron chi connectivity index (χ4n) is 5.85. The molecular weight excluding hydrogens is 476 g/mol. The predicted octanol–water partition coefficient (Wildman–Crippen LogP) is 7.97. The number of hydrogen-bond acceptors (Lipinski definition) is 3. The molecule has 1 unspecified atom stereocenters. The van der Waals surface area contributed by atoms with E-state index in [0.29, 0.717) is 6.04 Å². The Hall–Kier alpha value is -4.54. The van der Waals surface area contributed by atoms with Crippen molar-refractivity contribution < 1.29 is 0 Å². The van der Waals surface area contributed by atoms with Crippen LogP contribution in [0.1, 0.15) is 24.2 Å². The number of likely N-dealkylation sites (N-methyl/N-ethyl adjacent to an activating group) is 1. The molecule has 4 heteroatoms. The standard InChI is InChI=1S/C35H30N4/c1-24-34-30(21-22-38(24)2)29-15-9-10-16-33(29)39(34)28-19-17-26(18-20-28)32-23-31(25-11-5-3-6-12-25)36-35(37-32)27-13-7-4-8-14-27/h3-20,23-24H,21-22H2,1-2H3. The maximum absolute atomic E-state index is 5.01. The highest BCUT2D eigenvalue weighted by molar-refractivity contribution is 5.88. The second-order valence-corrected chi connectivity index (χ2v) is 10.4. The quantitative estimate of drug-likeness (QED) is 0.243. The monoisotopic (exact) mass is 506 g/mol. The van der Waals surface area contributed by atoms with Crippen LogP contribution in [0, 0.1) is 0 Å². The summed E-state index contributed by atoms with van der Waals surface area (Å²) in [6.45, 7) is 3.40. The molecule has 1 aliphatic heterocycles. The van der Waals surface area contributed by atoms with Gasteiger partial charge in [-0.2, -0.15) is 0 Å². The number of rotatable bonds is 4. The molecule has 4 aromatic carbocycles. The van der Waals surface area contributed by atoms with Crippen LogP contribution < -0.4 is 0 Å². The summed E-state index contributed by atoms with van der Waals surface area (Å²) < 4.78 is 2.46. The third kappa shape index (κ3) is 4.14. The summed E-state index contributed by atoms with van der Waals surface area (Å²) in [4.78, 5) is 12.4. The van der Waals surface area contributed by atoms with Crippen LogP contribution in [0.4, 0.5) is 0 Å². The molecule has 190 valence electrons. The van der Waals surface area contributed by atoms with Gasteiger partial charge in [-0.05, 0) is 50.2 Å². The minimum absolute atomic E-state index is 0.351. The van der Waals surface area contributed by atoms with E-state index < -0.39 is 0 Å². The first-order valence-corrected chi connectivity index (χ1v) is 13.6. The third-order valence-electron chi connectivity index (χ3n) is 8.04. The Morgan fingerprint density at radius 1 is 0.667 bits per heavy atom. The lowest BCUT2D eigenvalue weighted by Crippen LogP contribution is -2.31. The second kappa shape index (κ2) is 9.64. The molecule has 0 spiro atoms. The van der Waals surface area contributed by atoms with Gasteiger partial charge < -0.3 is 4.57 Å². The zero-order chi connectivity index (χ0) is 26.3. The van der Waals surface area contributed by atoms with Gasteiger partial charge in [-0.25, -0.2) is 9.97 Å². The highest BCUT2D eigenvalue weighted by atomic mass is 15.2. The minimum atomic E-state index is 0.351. The molecule has 0 fully saturated rings. The van der Waals surface area contributed by atoms with Gasteiger partial charge in [-0.15, -0.1) is 0 Å². The fraction of sp³-hybridized carbons (Fsp3) is 0.143. The highest BCUT2D eigenvalue weighted by Gasteiger charge is 2.28. The molecule has 0 amide bonds. The van der Waals surface area contributed by atoms with Gasteiger partial charge in [0.05, 0.1) is 16.9 Å². The Labute approximate surface area is 229 Å². The van der Waals surface area contributed by atoms with Gasteiger partial charge in [0.1, 0.15) is 0 Å². The molecule has 0 radical (unpaired) electrons. The summed E-state index contributed by atoms with van der Waals surface area (Å²) in [5.41, 5.74) is 10.3. The average Bonchev–Trinajstić information content (AvgIpc) is 3.35. The van der Waals surface area contributed by atoms with Crippen LogP contribution in [0.25, 0.3) is 50.5 Å². The lowest BCUT2D eigenvalue weighted by atomic mass is 9.99. The molecule has 4 nitrogen and oxygen atoms in total. The number of benzene rings is 4. The highest BCUT2D eigenvalue weighted by Crippen LogP contribution is 2.38. The zero-order valence-electron chi connectivity index (χ0n) is 22.3. The van der Waals surface area contributed by atoms with Crippen molar-refractivity contribution >= 4 is 10.9 Å². The van der Waals surface area contributed by atoms with E-state index in [1.807, 2.05) is 24.3 Å². The Morgan fingerprint density at radius 3 is 1.95 bits per heavy atom. The maximum atomic E-state index is 5.01. The molecule has 1 aliphatic rings. The summed E-state index contributed by atoms with van der Waals surface area (Å²) in [6, 6.07) is 40.7. The first-order valence-electron chi connectivity index (χ1n) is 13.6. The molecule has 1 atom stereocenters. The van der Waals surface area contributed by atoms with Crippen molar-refractivity contribution in [3.63, 3.8) is 0 Å². The lowest BCUT2D eigenvalue weighted by Gasteiger charge is -2.31. The van der Waals surface area contributed by atoms with Crippen LogP contribution in [0.15, 0.2) is 115 Å². The van der Waals surface area contributed by atoms with Crippen molar-refractivity contribution in [3.8, 4) is 39.6 Å². The van der Waals surface area contributed by atoms with E-state index in [4.69, 9.17) is 9.97 Å². The van der Waals surface area contributed by atoms with Gasteiger partial charge in [0, 0.05) is 46.0 Å². The van der Waals surface area contributed by atoms with Crippen molar-refractivity contribution in [2.45, 2.75) is 19.4 Å². The SMILES string of the molecule is CC1c2c(c3ccccc3n2-c2ccc(-c3cc(-c4ccccc4)nc(-c4ccccc4)n3)cc2)CCN1C. The number of nitrogens with zero attached hydrogens (tertiary/aromatic N) is 4. The van der Waals surface area contributed by atoms with Crippen LogP contribution in [0.2, 0.25) is 0 Å². The number of aromatic nitrogens is 3. The molecule has 0 N–H and O–H groups in total. The van der Waals surface area contributed by atoms with E-state index in [1.165, 1.54) is 27.8 Å². The van der Waals surface area contributed by atoms with Crippen LogP contribution >= 0.6 is 0 Å². The summed E-state index contributed by atoms with van der Waals surface area (Å²) in [5, 5.41) is 1.37. The number of para-hydroxylation sites is 1. The van der Waals surface area contributed by atoms with Gasteiger partial charge in [-0.3, -0.25) is 4.90 Å². The van der Waals surface area contributed by atoms with Crippen molar-refractivity contribution in [1.82, 2.24) is 19.4 Å². The van der Waals surface area contributed by atoms with Gasteiger partial charge in [0.25, 0.3) is 0 Å². The summed E-state index contributed by atoms with van der Waals surface area (Å²) in [5.74, 6) is 0.735. The summed E-state index contributed by atoms with van der Waals surface area (Å²) >= 11 is 0. The van der Waals surface area contributed by atoms with E-state index in [-0.39, 0.29) is 0 Å². The number of fused-ring (bicyclic) bond motifs is 3. The second-order valence-electron chi connectivity index (χ2n) is 10.4. The molecule has 0 saturated heterocycles. The van der Waals surface area contributed by atoms with E-state index in [2.05, 4.69) is 114 Å². The molecular formula is C35H30N4. The topological polar surface area (TPSA) is 34.0 Å². The third-order valence-corrected chi connectivity index (χ3v) is 8.04. The smallest absolute Gasteiger partial charge is 0.160 e. The summed E-state index contributed by atoms with van der Waals surface area (Å²) in [6.07, 6.45) is 1.08. The first-order chi connectivity index (χ1) is 19.2. The predicted molar refractivity (Wildman–Crippen MR) is 160 cm³/mol. The van der Waals surface area contributed by atoms with E-state index >= 15 is 0 Å². The largest absolute Gasteiger partial charge is 0.312 e. The van der Waals surface area contributed by atoms with Crippen molar-refractivity contribution in [3.05, 3.63) is 127 Å². The van der Waals surface area contributed by atoms with Gasteiger partial charge >= 0.3 is 0 Å². The Kier molecular flexibility index (Phi) is 5.83. The Bertz CT molecular complexity index is 1710. The van der Waals surface area contributed by atoms with Gasteiger partial charge in [0.2, 0.25) is 0 Å². The van der Waals surface area contributed by atoms with Crippen LogP contribution in [-0.4, -0.2) is 33.0 Å². The van der Waals surface area contributed by atoms with Gasteiger partial charge in [0.15, 0.2) is 5.82 Å². The zero-order valence-corrected chi connectivity index (χ0v) is 22.3. The average molecular weight is 507 g/mol. The van der Waals surface area contributed by atoms with Crippen molar-refractivity contribution in [2.24, 2.45) is 0 Å². The first kappa shape index (κ1) is 23.6. The van der Waals surface area contributed by atoms with Crippen molar-refractivity contribution in [2.75, 3.05) is 13.6 Å². The molecule has 39 heavy (non-hydrogen) atoms. The molecule has 7 rings (SSSR count). The molecule has 0 bridgehead atoms. The molecule has 0 aliphatic carbocycles. The van der Waals surface area contributed by atoms with E-state index in [9.17, 15) is 0 Å². The van der Waals surface area contributed by atoms with Crippen LogP contribution in [0.3, 0.4) is 0 Å². The normalized spacial score (nSPS) is 15.4. The number of hydrogen-bond donors (Lipinski definition) is 0. The van der Waals surface area contributed by atoms with E-state index in [1.54, 1.807) is 0 Å². The lowest BCUT2D eigenvalue weighted by molar-refractivity contribution is 0.241. The van der Waals surface area contributed by atoms with Gasteiger partial charge in [-0.1, -0.05) is 91.0 Å². The molecule has 2 aromatic heterocycles. The fourth-order valence-corrected chi connectivity index (χ4v) is 5.85. The van der Waals surface area contributed by atoms with Crippen LogP contribution in [-0.2, 0) is 6.42 Å². The molecule has 0 saturated carbocycles. The molecule has 3 heterocycles. The maximum Gasteiger partial charge on any atom is 0.160 e. The van der Waals surface area contributed by atoms with Crippen molar-refractivity contribution in [1.29, 1.82) is 0 Å². The minimum Gasteiger partial charge on any atom is -0.312 e. The van der Waals surface area contributed by atoms with Crippen LogP contribution in [0.5, 0.6) is 0 Å². The summed E-state index contributed by atoms with van der Waals surface area (Å²) in [7, 11) is 2.22. The Balaban J connectivity index is 1.35. The Morgan fingerprint density at radius 2 is 1.26 bits per heavy atom. The van der Waals surface area contributed by atoms with E-state index in [0.717, 1.165) is 46.9 Å². The molecule has 6 aromatic rings.